The molecule has 1 aliphatic rings. The van der Waals surface area contributed by atoms with Crippen molar-refractivity contribution >= 4 is 11.9 Å². The van der Waals surface area contributed by atoms with Crippen LogP contribution in [0.5, 0.6) is 0 Å². The number of aliphatic hydroxyl groups excluding tert-OH is 1. The normalized spacial score (nSPS) is 25.9. The zero-order chi connectivity index (χ0) is 13.0. The number of hydrogen-bond donors (Lipinski definition) is 3. The van der Waals surface area contributed by atoms with Crippen molar-refractivity contribution in [2.45, 2.75) is 44.9 Å². The lowest BCUT2D eigenvalue weighted by Gasteiger charge is -2.23. The molecule has 0 spiro atoms. The number of aliphatic hydroxyl groups is 1. The molecule has 6 heteroatoms. The topological polar surface area (TPSA) is 89.9 Å². The maximum Gasteiger partial charge on any atom is 0.326 e. The van der Waals surface area contributed by atoms with E-state index in [0.29, 0.717) is 0 Å². The number of hydrogen-bond acceptors (Lipinski definition) is 4. The molecule has 0 aliphatic carbocycles. The molecule has 1 aliphatic heterocycles. The number of rotatable bonds is 5. The van der Waals surface area contributed by atoms with Crippen molar-refractivity contribution in [2.24, 2.45) is 0 Å². The van der Waals surface area contributed by atoms with Gasteiger partial charge in [-0.25, -0.2) is 4.79 Å². The van der Waals surface area contributed by atoms with E-state index in [1.165, 1.54) is 4.90 Å². The Morgan fingerprint density at radius 3 is 2.71 bits per heavy atom. The van der Waals surface area contributed by atoms with Crippen LogP contribution in [0.1, 0.15) is 26.7 Å². The first kappa shape index (κ1) is 13.9. The number of carbonyl (C=O) groups is 2. The molecule has 98 valence electrons. The first-order chi connectivity index (χ1) is 7.95. The molecule has 1 saturated heterocycles. The van der Waals surface area contributed by atoms with Crippen molar-refractivity contribution < 1.29 is 19.8 Å². The van der Waals surface area contributed by atoms with Crippen molar-refractivity contribution in [2.75, 3.05) is 13.1 Å². The van der Waals surface area contributed by atoms with Gasteiger partial charge in [0.15, 0.2) is 0 Å². The second-order valence-electron chi connectivity index (χ2n) is 4.45. The zero-order valence-corrected chi connectivity index (χ0v) is 10.2. The second kappa shape index (κ2) is 5.97. The minimum Gasteiger partial charge on any atom is -0.480 e. The summed E-state index contributed by atoms with van der Waals surface area (Å²) in [7, 11) is 0. The van der Waals surface area contributed by atoms with Crippen LogP contribution in [0.15, 0.2) is 0 Å². The number of nitrogens with one attached hydrogen (secondary N) is 1. The second-order valence-corrected chi connectivity index (χ2v) is 4.45. The number of β-amino-alcohol motifs (C(OH)–C–C–N with tert-alkyl or cyclic N) is 1. The van der Waals surface area contributed by atoms with Crippen LogP contribution in [-0.4, -0.2) is 58.3 Å². The molecule has 3 N–H and O–H groups in total. The molecule has 1 fully saturated rings. The van der Waals surface area contributed by atoms with E-state index in [-0.39, 0.29) is 31.3 Å². The fraction of sp³-hybridized carbons (Fsp3) is 0.818. The molecule has 1 rings (SSSR count). The number of nitrogens with zero attached hydrogens (tertiary/aromatic N) is 1. The van der Waals surface area contributed by atoms with Crippen molar-refractivity contribution in [1.29, 1.82) is 0 Å². The monoisotopic (exact) mass is 244 g/mol. The van der Waals surface area contributed by atoms with Crippen LogP contribution in [-0.2, 0) is 9.59 Å². The summed E-state index contributed by atoms with van der Waals surface area (Å²) in [5, 5.41) is 21.5. The summed E-state index contributed by atoms with van der Waals surface area (Å²) in [5.74, 6) is -1.27. The highest BCUT2D eigenvalue weighted by molar-refractivity contribution is 5.84. The quantitative estimate of drug-likeness (QED) is 0.602. The van der Waals surface area contributed by atoms with Crippen LogP contribution < -0.4 is 5.32 Å². The van der Waals surface area contributed by atoms with Gasteiger partial charge in [-0.15, -0.1) is 0 Å². The molecule has 0 radical (unpaired) electrons. The summed E-state index contributed by atoms with van der Waals surface area (Å²) in [6.07, 6.45) is -0.351. The largest absolute Gasteiger partial charge is 0.480 e. The lowest BCUT2D eigenvalue weighted by atomic mass is 10.2. The molecule has 1 amide bonds. The number of likely N-dealkylation sites (tertiary alicyclic amines) is 1. The minimum atomic E-state index is -1.05. The van der Waals surface area contributed by atoms with E-state index in [0.717, 1.165) is 6.54 Å². The Kier molecular flexibility index (Phi) is 4.89. The van der Waals surface area contributed by atoms with E-state index < -0.39 is 18.1 Å². The summed E-state index contributed by atoms with van der Waals surface area (Å²) < 4.78 is 0. The van der Waals surface area contributed by atoms with E-state index in [2.05, 4.69) is 5.32 Å². The van der Waals surface area contributed by atoms with Gasteiger partial charge in [0.1, 0.15) is 6.04 Å². The van der Waals surface area contributed by atoms with Crippen LogP contribution in [0.25, 0.3) is 0 Å². The Labute approximate surface area is 101 Å². The Hall–Kier alpha value is -1.14. The van der Waals surface area contributed by atoms with Crippen LogP contribution in [0, 0.1) is 0 Å². The number of amides is 1. The Balaban J connectivity index is 2.58. The smallest absolute Gasteiger partial charge is 0.326 e. The van der Waals surface area contributed by atoms with E-state index >= 15 is 0 Å². The van der Waals surface area contributed by atoms with E-state index in [9.17, 15) is 14.7 Å². The maximum absolute atomic E-state index is 11.9. The molecule has 2 unspecified atom stereocenters. The molecule has 1 heterocycles. The third-order valence-corrected chi connectivity index (χ3v) is 2.92. The SMILES string of the molecule is CCNC(C)CC(=O)N1CC(O)C[C@H]1C(=O)O. The van der Waals surface area contributed by atoms with Crippen molar-refractivity contribution in [3.63, 3.8) is 0 Å². The molecule has 0 bridgehead atoms. The maximum atomic E-state index is 11.9. The van der Waals surface area contributed by atoms with Crippen molar-refractivity contribution in [3.05, 3.63) is 0 Å². The van der Waals surface area contributed by atoms with Gasteiger partial charge in [-0.3, -0.25) is 4.79 Å². The molecular formula is C11H20N2O4. The highest BCUT2D eigenvalue weighted by atomic mass is 16.4. The molecule has 17 heavy (non-hydrogen) atoms. The van der Waals surface area contributed by atoms with Gasteiger partial charge in [-0.05, 0) is 13.5 Å². The van der Waals surface area contributed by atoms with Gasteiger partial charge in [-0.2, -0.15) is 0 Å². The predicted molar refractivity (Wildman–Crippen MR) is 61.5 cm³/mol. The van der Waals surface area contributed by atoms with Gasteiger partial charge in [0.25, 0.3) is 0 Å². The molecule has 0 saturated carbocycles. The van der Waals surface area contributed by atoms with Gasteiger partial charge < -0.3 is 20.4 Å². The highest BCUT2D eigenvalue weighted by Crippen LogP contribution is 2.19. The highest BCUT2D eigenvalue weighted by Gasteiger charge is 2.38. The van der Waals surface area contributed by atoms with Crippen molar-refractivity contribution in [1.82, 2.24) is 10.2 Å². The number of carbonyl (C=O) groups excluding carboxylic acids is 1. The Morgan fingerprint density at radius 1 is 1.53 bits per heavy atom. The van der Waals surface area contributed by atoms with Crippen LogP contribution >= 0.6 is 0 Å². The summed E-state index contributed by atoms with van der Waals surface area (Å²) >= 11 is 0. The Bertz CT molecular complexity index is 295. The average molecular weight is 244 g/mol. The van der Waals surface area contributed by atoms with Gasteiger partial charge >= 0.3 is 5.97 Å². The predicted octanol–water partition coefficient (Wildman–Crippen LogP) is -0.579. The number of carboxylic acid groups (broad SMARTS) is 1. The standard InChI is InChI=1S/C11H20N2O4/c1-3-12-7(2)4-10(15)13-6-8(14)5-9(13)11(16)17/h7-9,12,14H,3-6H2,1-2H3,(H,16,17)/t7?,8?,9-/m0/s1. The summed E-state index contributed by atoms with van der Waals surface area (Å²) in [5.41, 5.74) is 0. The van der Waals surface area contributed by atoms with Crippen LogP contribution in [0.4, 0.5) is 0 Å². The van der Waals surface area contributed by atoms with E-state index in [1.807, 2.05) is 13.8 Å². The number of carboxylic acids is 1. The first-order valence-electron chi connectivity index (χ1n) is 5.89. The zero-order valence-electron chi connectivity index (χ0n) is 10.2. The van der Waals surface area contributed by atoms with Gasteiger partial charge in [0, 0.05) is 25.4 Å². The molecule has 6 nitrogen and oxygen atoms in total. The fourth-order valence-corrected chi connectivity index (χ4v) is 2.12. The molecule has 0 aromatic rings. The molecule has 3 atom stereocenters. The van der Waals surface area contributed by atoms with Gasteiger partial charge in [0.2, 0.25) is 5.91 Å². The molecule has 0 aromatic carbocycles. The van der Waals surface area contributed by atoms with Crippen LogP contribution in [0.2, 0.25) is 0 Å². The molecular weight excluding hydrogens is 224 g/mol. The third kappa shape index (κ3) is 3.67. The first-order valence-corrected chi connectivity index (χ1v) is 5.89. The Morgan fingerprint density at radius 2 is 2.18 bits per heavy atom. The van der Waals surface area contributed by atoms with E-state index in [4.69, 9.17) is 5.11 Å². The lowest BCUT2D eigenvalue weighted by Crippen LogP contribution is -2.43. The summed E-state index contributed by atoms with van der Waals surface area (Å²) in [4.78, 5) is 24.1. The summed E-state index contributed by atoms with van der Waals surface area (Å²) in [6.45, 7) is 4.71. The molecule has 0 aromatic heterocycles. The average Bonchev–Trinajstić information content (AvgIpc) is 2.60. The minimum absolute atomic E-state index is 0.0136. The lowest BCUT2D eigenvalue weighted by molar-refractivity contribution is -0.148. The van der Waals surface area contributed by atoms with Crippen molar-refractivity contribution in [3.8, 4) is 0 Å². The van der Waals surface area contributed by atoms with E-state index in [1.54, 1.807) is 0 Å². The van der Waals surface area contributed by atoms with Gasteiger partial charge in [-0.1, -0.05) is 6.92 Å². The van der Waals surface area contributed by atoms with Gasteiger partial charge in [0.05, 0.1) is 6.10 Å². The number of aliphatic carboxylic acids is 1. The fourth-order valence-electron chi connectivity index (χ4n) is 2.12. The third-order valence-electron chi connectivity index (χ3n) is 2.92. The van der Waals surface area contributed by atoms with Crippen LogP contribution in [0.3, 0.4) is 0 Å². The summed E-state index contributed by atoms with van der Waals surface area (Å²) in [6, 6.07) is -0.869.